The number of aliphatic carboxylic acids is 4. The predicted molar refractivity (Wildman–Crippen MR) is 62.3 cm³/mol. The van der Waals surface area contributed by atoms with Gasteiger partial charge >= 0.3 is 47.5 Å². The van der Waals surface area contributed by atoms with Gasteiger partial charge in [0.1, 0.15) is 6.04 Å². The summed E-state index contributed by atoms with van der Waals surface area (Å²) in [7, 11) is 0. The van der Waals surface area contributed by atoms with Crippen LogP contribution in [0.4, 0.5) is 0 Å². The third-order valence-electron chi connectivity index (χ3n) is 1.96. The fourth-order valence-corrected chi connectivity index (χ4v) is 0.799. The van der Waals surface area contributed by atoms with E-state index in [4.69, 9.17) is 26.8 Å². The summed E-state index contributed by atoms with van der Waals surface area (Å²) in [5.74, 6) is -4.67. The van der Waals surface area contributed by atoms with Crippen LogP contribution in [0.25, 0.3) is 0 Å². The van der Waals surface area contributed by atoms with Gasteiger partial charge in [0.15, 0.2) is 0 Å². The van der Waals surface area contributed by atoms with Crippen LogP contribution in [0.3, 0.4) is 0 Å². The Morgan fingerprint density at radius 1 is 0.857 bits per heavy atom. The van der Waals surface area contributed by atoms with E-state index >= 15 is 0 Å². The van der Waals surface area contributed by atoms with Gasteiger partial charge in [0, 0.05) is 18.9 Å². The third kappa shape index (κ3) is 18.8. The van der Waals surface area contributed by atoms with Gasteiger partial charge in [0.25, 0.3) is 0 Å². The first-order valence-electron chi connectivity index (χ1n) is 5.46. The van der Waals surface area contributed by atoms with Gasteiger partial charge in [-0.15, -0.1) is 0 Å². The molecule has 0 amide bonds. The van der Waals surface area contributed by atoms with Crippen molar-refractivity contribution in [3.63, 3.8) is 0 Å². The molecule has 0 aliphatic carbocycles. The number of nitrogens with two attached hydrogens (primary N) is 2. The first-order chi connectivity index (χ1) is 9.07. The molecule has 2 atom stereocenters. The number of rotatable bonds is 8. The number of carboxylic acid groups (broad SMARTS) is 4. The molecular formula is C10H17N2NaO8. The fraction of sp³-hybridized carbons (Fsp3) is 0.600. The second-order valence-electron chi connectivity index (χ2n) is 3.74. The Morgan fingerprint density at radius 3 is 1.43 bits per heavy atom. The first-order valence-corrected chi connectivity index (χ1v) is 5.46. The van der Waals surface area contributed by atoms with E-state index in [2.05, 4.69) is 0 Å². The van der Waals surface area contributed by atoms with E-state index in [1.165, 1.54) is 0 Å². The molecule has 0 aromatic heterocycles. The number of hydrogen-bond acceptors (Lipinski definition) is 7. The maximum atomic E-state index is 9.99. The van der Waals surface area contributed by atoms with Crippen molar-refractivity contribution in [1.29, 1.82) is 0 Å². The van der Waals surface area contributed by atoms with Crippen molar-refractivity contribution < 1.29 is 69.2 Å². The van der Waals surface area contributed by atoms with E-state index in [9.17, 15) is 24.3 Å². The number of hydrogen-bond donors (Lipinski definition) is 5. The van der Waals surface area contributed by atoms with Crippen LogP contribution < -0.4 is 46.1 Å². The molecule has 0 bridgehead atoms. The Kier molecular flexibility index (Phi) is 16.3. The quantitative estimate of drug-likeness (QED) is 0.268. The SMILES string of the molecule is NC(CCC(=O)O)C(=O)O.NC(CCC(=O)O)C(=O)[O-].[Na+]. The Hall–Kier alpha value is -1.20. The van der Waals surface area contributed by atoms with Crippen molar-refractivity contribution in [2.24, 2.45) is 11.5 Å². The van der Waals surface area contributed by atoms with Crippen molar-refractivity contribution in [2.45, 2.75) is 37.8 Å². The summed E-state index contributed by atoms with van der Waals surface area (Å²) in [4.78, 5) is 39.6. The molecule has 0 heterocycles. The Morgan fingerprint density at radius 2 is 1.19 bits per heavy atom. The zero-order chi connectivity index (χ0) is 16.3. The normalized spacial score (nSPS) is 11.9. The van der Waals surface area contributed by atoms with Crippen LogP contribution in [-0.2, 0) is 19.2 Å². The largest absolute Gasteiger partial charge is 1.00 e. The number of carbonyl (C=O) groups is 4. The van der Waals surface area contributed by atoms with Gasteiger partial charge in [0.2, 0.25) is 0 Å². The van der Waals surface area contributed by atoms with E-state index in [0.29, 0.717) is 0 Å². The number of carbonyl (C=O) groups excluding carboxylic acids is 1. The summed E-state index contributed by atoms with van der Waals surface area (Å²) >= 11 is 0. The monoisotopic (exact) mass is 316 g/mol. The molecule has 0 fully saturated rings. The van der Waals surface area contributed by atoms with Crippen LogP contribution in [-0.4, -0.2) is 51.3 Å². The molecule has 10 nitrogen and oxygen atoms in total. The average molecular weight is 316 g/mol. The second-order valence-corrected chi connectivity index (χ2v) is 3.74. The van der Waals surface area contributed by atoms with Crippen LogP contribution in [0, 0.1) is 0 Å². The summed E-state index contributed by atoms with van der Waals surface area (Å²) in [6.07, 6.45) is -0.551. The minimum Gasteiger partial charge on any atom is -0.548 e. The molecule has 0 aliphatic rings. The summed E-state index contributed by atoms with van der Waals surface area (Å²) in [6.45, 7) is 0. The molecule has 21 heavy (non-hydrogen) atoms. The topological polar surface area (TPSA) is 204 Å². The average Bonchev–Trinajstić information content (AvgIpc) is 2.33. The summed E-state index contributed by atoms with van der Waals surface area (Å²) in [6, 6.07) is -2.23. The molecule has 11 heteroatoms. The van der Waals surface area contributed by atoms with Gasteiger partial charge in [0.05, 0.1) is 5.97 Å². The van der Waals surface area contributed by atoms with Crippen LogP contribution in [0.5, 0.6) is 0 Å². The van der Waals surface area contributed by atoms with Crippen LogP contribution >= 0.6 is 0 Å². The van der Waals surface area contributed by atoms with Crippen molar-refractivity contribution in [1.82, 2.24) is 0 Å². The number of carboxylic acids is 4. The Balaban J connectivity index is -0.000000295. The molecule has 0 saturated heterocycles. The van der Waals surface area contributed by atoms with Crippen molar-refractivity contribution in [3.05, 3.63) is 0 Å². The van der Waals surface area contributed by atoms with E-state index in [0.717, 1.165) is 0 Å². The summed E-state index contributed by atoms with van der Waals surface area (Å²) < 4.78 is 0. The van der Waals surface area contributed by atoms with Gasteiger partial charge in [-0.3, -0.25) is 14.4 Å². The molecule has 116 valence electrons. The second kappa shape index (κ2) is 13.8. The standard InChI is InChI=1S/2C5H9NO4.Na/c2*6-3(5(9)10)1-2-4(7)8;/h2*3H,1-2,6H2,(H,7,8)(H,9,10);/q;;+1/p-1. The van der Waals surface area contributed by atoms with Gasteiger partial charge < -0.3 is 36.7 Å². The van der Waals surface area contributed by atoms with Crippen LogP contribution in [0.15, 0.2) is 0 Å². The fourth-order valence-electron chi connectivity index (χ4n) is 0.799. The van der Waals surface area contributed by atoms with E-state index in [1.54, 1.807) is 0 Å². The molecule has 0 aromatic rings. The van der Waals surface area contributed by atoms with Crippen molar-refractivity contribution >= 4 is 23.9 Å². The zero-order valence-electron chi connectivity index (χ0n) is 11.5. The Labute approximate surface area is 142 Å². The van der Waals surface area contributed by atoms with Crippen molar-refractivity contribution in [3.8, 4) is 0 Å². The molecule has 0 spiro atoms. The minimum absolute atomic E-state index is 0. The molecule has 2 unspecified atom stereocenters. The van der Waals surface area contributed by atoms with E-state index in [-0.39, 0.29) is 55.2 Å². The molecule has 0 aliphatic heterocycles. The zero-order valence-corrected chi connectivity index (χ0v) is 13.5. The molecular weight excluding hydrogens is 299 g/mol. The Bertz CT molecular complexity index is 329. The minimum atomic E-state index is -1.42. The molecule has 0 saturated carbocycles. The van der Waals surface area contributed by atoms with Crippen LogP contribution in [0.1, 0.15) is 25.7 Å². The van der Waals surface area contributed by atoms with Crippen LogP contribution in [0.2, 0.25) is 0 Å². The maximum absolute atomic E-state index is 9.99. The predicted octanol–water partition coefficient (Wildman–Crippen LogP) is -5.80. The molecule has 0 rings (SSSR count). The maximum Gasteiger partial charge on any atom is 1.00 e. The van der Waals surface area contributed by atoms with E-state index in [1.807, 2.05) is 0 Å². The molecule has 7 N–H and O–H groups in total. The third-order valence-corrected chi connectivity index (χ3v) is 1.96. The van der Waals surface area contributed by atoms with Gasteiger partial charge in [-0.25, -0.2) is 0 Å². The summed E-state index contributed by atoms with van der Waals surface area (Å²) in [5.41, 5.74) is 9.94. The van der Waals surface area contributed by atoms with E-state index < -0.39 is 36.0 Å². The first kappa shape index (κ1) is 24.8. The van der Waals surface area contributed by atoms with Gasteiger partial charge in [-0.05, 0) is 12.8 Å². The van der Waals surface area contributed by atoms with Gasteiger partial charge in [-0.1, -0.05) is 0 Å². The summed E-state index contributed by atoms with van der Waals surface area (Å²) in [5, 5.41) is 34.2. The van der Waals surface area contributed by atoms with Gasteiger partial charge in [-0.2, -0.15) is 0 Å². The van der Waals surface area contributed by atoms with Crippen molar-refractivity contribution in [2.75, 3.05) is 0 Å². The molecule has 0 radical (unpaired) electrons. The molecule has 0 aromatic carbocycles. The smallest absolute Gasteiger partial charge is 0.548 e.